The number of thiazole rings is 1. The van der Waals surface area contributed by atoms with Crippen molar-refractivity contribution in [3.05, 3.63) is 108 Å². The lowest BCUT2D eigenvalue weighted by molar-refractivity contribution is -0.117. The Bertz CT molecular complexity index is 1070. The summed E-state index contributed by atoms with van der Waals surface area (Å²) in [6.45, 7) is 1.95. The van der Waals surface area contributed by atoms with Crippen LogP contribution in [0, 0.1) is 6.92 Å². The summed E-state index contributed by atoms with van der Waals surface area (Å²) in [5.41, 5.74) is 2.70. The number of hydrogen-bond donors (Lipinski definition) is 0. The van der Waals surface area contributed by atoms with E-state index in [1.54, 1.807) is 16.7 Å². The van der Waals surface area contributed by atoms with E-state index in [-0.39, 0.29) is 11.2 Å². The number of amides is 1. The van der Waals surface area contributed by atoms with Crippen molar-refractivity contribution in [2.75, 3.05) is 4.90 Å². The minimum Gasteiger partial charge on any atom is -0.272 e. The summed E-state index contributed by atoms with van der Waals surface area (Å²) < 4.78 is 0. The zero-order chi connectivity index (χ0) is 20.1. The maximum atomic E-state index is 13.9. The van der Waals surface area contributed by atoms with Gasteiger partial charge < -0.3 is 0 Å². The number of nitrogens with zero attached hydrogens (tertiary/aromatic N) is 2. The Morgan fingerprint density at radius 3 is 2.07 bits per heavy atom. The Morgan fingerprint density at radius 2 is 1.48 bits per heavy atom. The van der Waals surface area contributed by atoms with E-state index in [9.17, 15) is 4.79 Å². The van der Waals surface area contributed by atoms with Gasteiger partial charge in [-0.2, -0.15) is 0 Å². The number of rotatable bonds is 6. The number of hydrogen-bond acceptors (Lipinski definition) is 4. The van der Waals surface area contributed by atoms with Crippen LogP contribution >= 0.6 is 23.1 Å². The molecule has 1 atom stereocenters. The lowest BCUT2D eigenvalue weighted by Gasteiger charge is -2.25. The van der Waals surface area contributed by atoms with Crippen LogP contribution in [0.4, 0.5) is 10.8 Å². The third kappa shape index (κ3) is 4.58. The molecule has 1 amide bonds. The Morgan fingerprint density at radius 1 is 0.897 bits per heavy atom. The van der Waals surface area contributed by atoms with Gasteiger partial charge in [-0.15, -0.1) is 23.1 Å². The molecule has 0 aliphatic heterocycles. The first kappa shape index (κ1) is 19.4. The van der Waals surface area contributed by atoms with E-state index in [4.69, 9.17) is 0 Å². The number of benzene rings is 3. The summed E-state index contributed by atoms with van der Waals surface area (Å²) in [6, 6.07) is 29.7. The molecule has 0 saturated carbocycles. The molecule has 4 aromatic rings. The molecule has 1 heterocycles. The van der Waals surface area contributed by atoms with Gasteiger partial charge in [-0.25, -0.2) is 4.98 Å². The molecule has 4 rings (SSSR count). The van der Waals surface area contributed by atoms with Gasteiger partial charge in [0.25, 0.3) is 5.91 Å². The van der Waals surface area contributed by atoms with Crippen LogP contribution in [-0.4, -0.2) is 10.9 Å². The fourth-order valence-electron chi connectivity index (χ4n) is 2.99. The Kier molecular flexibility index (Phi) is 6.08. The van der Waals surface area contributed by atoms with Crippen molar-refractivity contribution >= 4 is 39.8 Å². The first-order valence-corrected chi connectivity index (χ1v) is 11.1. The molecule has 3 aromatic carbocycles. The Balaban J connectivity index is 1.77. The molecule has 0 fully saturated rings. The van der Waals surface area contributed by atoms with Gasteiger partial charge in [0.05, 0.1) is 11.4 Å². The average Bonchev–Trinajstić information content (AvgIpc) is 3.20. The predicted octanol–water partition coefficient (Wildman–Crippen LogP) is 6.65. The van der Waals surface area contributed by atoms with E-state index < -0.39 is 0 Å². The van der Waals surface area contributed by atoms with Crippen molar-refractivity contribution < 1.29 is 4.79 Å². The monoisotopic (exact) mass is 416 g/mol. The molecule has 5 heteroatoms. The van der Waals surface area contributed by atoms with E-state index in [1.807, 2.05) is 103 Å². The van der Waals surface area contributed by atoms with Gasteiger partial charge in [-0.3, -0.25) is 9.69 Å². The lowest BCUT2D eigenvalue weighted by atomic mass is 10.1. The minimum absolute atomic E-state index is 0.00870. The normalized spacial score (nSPS) is 11.8. The van der Waals surface area contributed by atoms with E-state index in [2.05, 4.69) is 4.98 Å². The van der Waals surface area contributed by atoms with Crippen LogP contribution in [0.2, 0.25) is 0 Å². The van der Waals surface area contributed by atoms with E-state index in [0.717, 1.165) is 21.8 Å². The molecule has 0 aliphatic carbocycles. The number of carbonyl (C=O) groups is 1. The first-order chi connectivity index (χ1) is 14.2. The van der Waals surface area contributed by atoms with Gasteiger partial charge in [0, 0.05) is 10.3 Å². The molecule has 29 heavy (non-hydrogen) atoms. The van der Waals surface area contributed by atoms with Crippen LogP contribution in [0.15, 0.2) is 101 Å². The third-order valence-electron chi connectivity index (χ3n) is 4.36. The van der Waals surface area contributed by atoms with Crippen molar-refractivity contribution in [2.45, 2.75) is 17.1 Å². The SMILES string of the molecule is Cc1csc(N(C(=O)[C@H](Sc2ccccc2)c2ccccc2)c2ccccc2)n1. The number of aryl methyl sites for hydroxylation is 1. The highest BCUT2D eigenvalue weighted by atomic mass is 32.2. The van der Waals surface area contributed by atoms with Crippen LogP contribution in [0.1, 0.15) is 16.5 Å². The second-order valence-electron chi connectivity index (χ2n) is 6.50. The molecule has 3 nitrogen and oxygen atoms in total. The number of thioether (sulfide) groups is 1. The standard InChI is InChI=1S/C24H20N2OS2/c1-18-17-28-24(25-18)26(20-13-7-3-8-14-20)23(27)22(19-11-5-2-6-12-19)29-21-15-9-4-10-16-21/h2-17,22H,1H3/t22-/m1/s1. The van der Waals surface area contributed by atoms with Crippen LogP contribution in [0.3, 0.4) is 0 Å². The number of anilines is 2. The Hall–Kier alpha value is -2.89. The maximum Gasteiger partial charge on any atom is 0.251 e. The van der Waals surface area contributed by atoms with Gasteiger partial charge >= 0.3 is 0 Å². The zero-order valence-corrected chi connectivity index (χ0v) is 17.6. The molecule has 0 unspecified atom stereocenters. The highest BCUT2D eigenvalue weighted by molar-refractivity contribution is 8.00. The molecule has 0 radical (unpaired) electrons. The van der Waals surface area contributed by atoms with E-state index in [0.29, 0.717) is 5.13 Å². The molecule has 0 aliphatic rings. The second kappa shape index (κ2) is 9.07. The summed E-state index contributed by atoms with van der Waals surface area (Å²) in [7, 11) is 0. The average molecular weight is 417 g/mol. The zero-order valence-electron chi connectivity index (χ0n) is 15.9. The molecular formula is C24H20N2OS2. The van der Waals surface area contributed by atoms with Gasteiger partial charge in [0.1, 0.15) is 5.25 Å². The summed E-state index contributed by atoms with van der Waals surface area (Å²) >= 11 is 3.04. The summed E-state index contributed by atoms with van der Waals surface area (Å²) in [6.07, 6.45) is 0. The van der Waals surface area contributed by atoms with Crippen molar-refractivity contribution in [1.82, 2.24) is 4.98 Å². The van der Waals surface area contributed by atoms with Gasteiger partial charge in [0.2, 0.25) is 0 Å². The van der Waals surface area contributed by atoms with Gasteiger partial charge in [-0.05, 0) is 36.8 Å². The fourth-order valence-corrected chi connectivity index (χ4v) is 4.91. The molecule has 1 aromatic heterocycles. The van der Waals surface area contributed by atoms with Crippen LogP contribution in [0.5, 0.6) is 0 Å². The second-order valence-corrected chi connectivity index (χ2v) is 8.52. The summed E-state index contributed by atoms with van der Waals surface area (Å²) in [5, 5.41) is 2.27. The topological polar surface area (TPSA) is 33.2 Å². The van der Waals surface area contributed by atoms with Gasteiger partial charge in [-0.1, -0.05) is 66.7 Å². The van der Waals surface area contributed by atoms with Crippen molar-refractivity contribution in [3.8, 4) is 0 Å². The van der Waals surface area contributed by atoms with Crippen LogP contribution in [-0.2, 0) is 4.79 Å². The largest absolute Gasteiger partial charge is 0.272 e. The van der Waals surface area contributed by atoms with Crippen LogP contribution < -0.4 is 4.90 Å². The fraction of sp³-hybridized carbons (Fsp3) is 0.0833. The first-order valence-electron chi connectivity index (χ1n) is 9.30. The maximum absolute atomic E-state index is 13.9. The lowest BCUT2D eigenvalue weighted by Crippen LogP contribution is -2.30. The Labute approximate surface area is 179 Å². The van der Waals surface area contributed by atoms with E-state index >= 15 is 0 Å². The number of para-hydroxylation sites is 1. The quantitative estimate of drug-likeness (QED) is 0.330. The van der Waals surface area contributed by atoms with Gasteiger partial charge in [0.15, 0.2) is 5.13 Å². The van der Waals surface area contributed by atoms with Crippen molar-refractivity contribution in [3.63, 3.8) is 0 Å². The molecule has 0 bridgehead atoms. The number of aromatic nitrogens is 1. The predicted molar refractivity (Wildman–Crippen MR) is 122 cm³/mol. The third-order valence-corrected chi connectivity index (χ3v) is 6.55. The molecule has 0 N–H and O–H groups in total. The van der Waals surface area contributed by atoms with Crippen LogP contribution in [0.25, 0.3) is 0 Å². The molecule has 0 saturated heterocycles. The minimum atomic E-state index is -0.386. The van der Waals surface area contributed by atoms with E-state index in [1.165, 1.54) is 11.3 Å². The van der Waals surface area contributed by atoms with Crippen molar-refractivity contribution in [1.29, 1.82) is 0 Å². The van der Waals surface area contributed by atoms with Crippen molar-refractivity contribution in [2.24, 2.45) is 0 Å². The highest BCUT2D eigenvalue weighted by Crippen LogP contribution is 2.40. The molecular weight excluding hydrogens is 396 g/mol. The summed E-state index contributed by atoms with van der Waals surface area (Å²) in [5.74, 6) is -0.00870. The molecule has 0 spiro atoms. The summed E-state index contributed by atoms with van der Waals surface area (Å²) in [4.78, 5) is 21.3. The molecule has 144 valence electrons. The number of carbonyl (C=O) groups excluding carboxylic acids is 1. The smallest absolute Gasteiger partial charge is 0.251 e. The highest BCUT2D eigenvalue weighted by Gasteiger charge is 2.30.